The highest BCUT2D eigenvalue weighted by Gasteiger charge is 2.41. The minimum Gasteiger partial charge on any atom is -0.309 e. The Morgan fingerprint density at radius 3 is 1.38 bits per heavy atom. The fourth-order valence-corrected chi connectivity index (χ4v) is 14.4. The number of anilines is 3. The van der Waals surface area contributed by atoms with Crippen molar-refractivity contribution in [2.24, 2.45) is 0 Å². The van der Waals surface area contributed by atoms with E-state index in [2.05, 4.69) is 264 Å². The van der Waals surface area contributed by atoms with E-state index in [1.165, 1.54) is 64.5 Å². The van der Waals surface area contributed by atoms with Crippen LogP contribution >= 0.6 is 0 Å². The van der Waals surface area contributed by atoms with Gasteiger partial charge in [0.15, 0.2) is 8.07 Å². The summed E-state index contributed by atoms with van der Waals surface area (Å²) in [6.07, 6.45) is 0. The van der Waals surface area contributed by atoms with E-state index >= 15 is 0 Å². The molecule has 0 unspecified atom stereocenters. The van der Waals surface area contributed by atoms with Crippen LogP contribution in [0, 0.1) is 0 Å². The van der Waals surface area contributed by atoms with Crippen LogP contribution in [0.5, 0.6) is 0 Å². The van der Waals surface area contributed by atoms with Gasteiger partial charge in [0.2, 0.25) is 0 Å². The molecule has 0 amide bonds. The van der Waals surface area contributed by atoms with Gasteiger partial charge in [0.1, 0.15) is 0 Å². The number of fused-ring (bicyclic) bond motifs is 4. The first kappa shape index (κ1) is 36.4. The maximum Gasteiger partial charge on any atom is 0.179 e. The van der Waals surface area contributed by atoms with E-state index in [0.29, 0.717) is 0 Å². The molecule has 3 heteroatoms. The second-order valence-electron chi connectivity index (χ2n) is 15.7. The summed E-state index contributed by atoms with van der Waals surface area (Å²) in [4.78, 5) is 2.46. The molecule has 1 heterocycles. The molecule has 0 aliphatic carbocycles. The van der Waals surface area contributed by atoms with Crippen molar-refractivity contribution in [1.29, 1.82) is 0 Å². The fourth-order valence-electron chi connectivity index (χ4n) is 9.63. The minimum absolute atomic E-state index is 1.10. The third-order valence-corrected chi connectivity index (χ3v) is 17.1. The molecule has 0 N–H and O–H groups in total. The molecule has 0 aliphatic heterocycles. The Kier molecular flexibility index (Phi) is 9.22. The molecular formula is C58H42N2Si. The van der Waals surface area contributed by atoms with Crippen molar-refractivity contribution in [2.45, 2.75) is 0 Å². The van der Waals surface area contributed by atoms with Crippen LogP contribution in [0.1, 0.15) is 0 Å². The van der Waals surface area contributed by atoms with Crippen LogP contribution in [0.4, 0.5) is 17.1 Å². The Morgan fingerprint density at radius 2 is 0.754 bits per heavy atom. The van der Waals surface area contributed by atoms with Crippen LogP contribution in [0.3, 0.4) is 0 Å². The first-order chi connectivity index (χ1) is 30.3. The molecule has 11 rings (SSSR count). The van der Waals surface area contributed by atoms with Crippen molar-refractivity contribution in [2.75, 3.05) is 4.90 Å². The molecule has 288 valence electrons. The maximum atomic E-state index is 2.46. The van der Waals surface area contributed by atoms with Gasteiger partial charge in [-0.25, -0.2) is 0 Å². The van der Waals surface area contributed by atoms with Crippen LogP contribution < -0.4 is 25.6 Å². The summed E-state index contributed by atoms with van der Waals surface area (Å²) in [7, 11) is -2.62. The van der Waals surface area contributed by atoms with Gasteiger partial charge >= 0.3 is 0 Å². The molecule has 10 aromatic carbocycles. The number of nitrogens with zero attached hydrogens (tertiary/aromatic N) is 2. The smallest absolute Gasteiger partial charge is 0.179 e. The number of aromatic nitrogens is 1. The highest BCUT2D eigenvalue weighted by molar-refractivity contribution is 7.19. The van der Waals surface area contributed by atoms with Crippen LogP contribution in [0.15, 0.2) is 255 Å². The topological polar surface area (TPSA) is 8.17 Å². The fraction of sp³-hybridized carbons (Fsp3) is 0. The van der Waals surface area contributed by atoms with Crippen LogP contribution in [0.2, 0.25) is 0 Å². The van der Waals surface area contributed by atoms with E-state index in [9.17, 15) is 0 Å². The summed E-state index contributed by atoms with van der Waals surface area (Å²) in [5.41, 5.74) is 9.26. The molecular weight excluding hydrogens is 753 g/mol. The Hall–Kier alpha value is -7.72. The highest BCUT2D eigenvalue weighted by Crippen LogP contribution is 2.45. The van der Waals surface area contributed by atoms with Gasteiger partial charge < -0.3 is 9.47 Å². The molecule has 0 atom stereocenters. The highest BCUT2D eigenvalue weighted by atomic mass is 28.3. The lowest BCUT2D eigenvalue weighted by Gasteiger charge is -2.34. The van der Waals surface area contributed by atoms with Gasteiger partial charge in [-0.05, 0) is 85.8 Å². The zero-order chi connectivity index (χ0) is 40.6. The summed E-state index contributed by atoms with van der Waals surface area (Å²) in [6, 6.07) is 93.5. The predicted octanol–water partition coefficient (Wildman–Crippen LogP) is 12.5. The molecule has 0 spiro atoms. The maximum absolute atomic E-state index is 2.62. The number of para-hydroxylation sites is 2. The lowest BCUT2D eigenvalue weighted by atomic mass is 10.0. The summed E-state index contributed by atoms with van der Waals surface area (Å²) in [5.74, 6) is 0. The van der Waals surface area contributed by atoms with Crippen molar-refractivity contribution in [3.05, 3.63) is 255 Å². The zero-order valence-electron chi connectivity index (χ0n) is 33.6. The lowest BCUT2D eigenvalue weighted by Crippen LogP contribution is -2.74. The van der Waals surface area contributed by atoms with Crippen molar-refractivity contribution < 1.29 is 0 Å². The number of benzene rings is 10. The van der Waals surface area contributed by atoms with Crippen LogP contribution in [-0.2, 0) is 0 Å². The molecule has 61 heavy (non-hydrogen) atoms. The Morgan fingerprint density at radius 1 is 0.311 bits per heavy atom. The molecule has 1 aromatic heterocycles. The summed E-state index contributed by atoms with van der Waals surface area (Å²) < 4.78 is 2.40. The molecule has 11 aromatic rings. The van der Waals surface area contributed by atoms with Crippen LogP contribution in [-0.4, -0.2) is 12.6 Å². The third-order valence-electron chi connectivity index (χ3n) is 12.3. The average Bonchev–Trinajstić information content (AvgIpc) is 3.69. The third kappa shape index (κ3) is 6.18. The Labute approximate surface area is 357 Å². The number of hydrogen-bond donors (Lipinski definition) is 0. The molecule has 0 fully saturated rings. The van der Waals surface area contributed by atoms with E-state index in [0.717, 1.165) is 22.7 Å². The van der Waals surface area contributed by atoms with Gasteiger partial charge in [-0.3, -0.25) is 0 Å². The van der Waals surface area contributed by atoms with E-state index in [1.807, 2.05) is 0 Å². The summed E-state index contributed by atoms with van der Waals surface area (Å²) in [6.45, 7) is 0. The van der Waals surface area contributed by atoms with Gasteiger partial charge in [0.05, 0.1) is 22.4 Å². The monoisotopic (exact) mass is 794 g/mol. The second-order valence-corrected chi connectivity index (χ2v) is 19.5. The molecule has 2 nitrogen and oxygen atoms in total. The van der Waals surface area contributed by atoms with Crippen molar-refractivity contribution in [3.63, 3.8) is 0 Å². The Balaban J connectivity index is 1.06. The second kappa shape index (κ2) is 15.5. The van der Waals surface area contributed by atoms with Gasteiger partial charge in [0, 0.05) is 27.5 Å². The van der Waals surface area contributed by atoms with Crippen molar-refractivity contribution in [3.8, 4) is 16.8 Å². The Bertz CT molecular complexity index is 3170. The van der Waals surface area contributed by atoms with Gasteiger partial charge in [-0.1, -0.05) is 206 Å². The van der Waals surface area contributed by atoms with Crippen molar-refractivity contribution >= 4 is 78.5 Å². The van der Waals surface area contributed by atoms with E-state index in [4.69, 9.17) is 0 Å². The number of rotatable bonds is 9. The molecule has 0 saturated carbocycles. The normalized spacial score (nSPS) is 11.6. The van der Waals surface area contributed by atoms with Crippen molar-refractivity contribution in [1.82, 2.24) is 4.57 Å². The first-order valence-corrected chi connectivity index (χ1v) is 23.0. The molecule has 0 aliphatic rings. The van der Waals surface area contributed by atoms with E-state index in [1.54, 1.807) is 0 Å². The summed E-state index contributed by atoms with van der Waals surface area (Å²) in [5, 5.41) is 10.3. The average molecular weight is 795 g/mol. The zero-order valence-corrected chi connectivity index (χ0v) is 34.6. The SMILES string of the molecule is c1ccc(-n2c3ccccc3c3c(N(c4ccc(-c5ccc([Si](c6ccccc6)(c6ccccc6)c6ccccc6)cc5)cc4)c4cccc5ccccc45)cccc32)cc1. The standard InChI is InChI=1S/C58H42N2Si/c1-5-21-46(22-6-1)59-55-31-16-15-30-53(55)58-56(59)33-18-34-57(58)60(54-32-17-20-45-19-13-14-29-52(45)54)47-39-35-43(36-40-47)44-37-41-51(42-38-44)61(48-23-7-2-8-24-48,49-25-9-3-10-26-49)50-27-11-4-12-28-50/h1-42H. The van der Waals surface area contributed by atoms with E-state index in [-0.39, 0.29) is 0 Å². The van der Waals surface area contributed by atoms with Gasteiger partial charge in [0.25, 0.3) is 0 Å². The summed E-state index contributed by atoms with van der Waals surface area (Å²) >= 11 is 0. The van der Waals surface area contributed by atoms with E-state index < -0.39 is 8.07 Å². The predicted molar refractivity (Wildman–Crippen MR) is 262 cm³/mol. The minimum atomic E-state index is -2.62. The van der Waals surface area contributed by atoms with Gasteiger partial charge in [-0.15, -0.1) is 0 Å². The number of hydrogen-bond acceptors (Lipinski definition) is 1. The first-order valence-electron chi connectivity index (χ1n) is 21.0. The quantitative estimate of drug-likeness (QED) is 0.104. The molecule has 0 bridgehead atoms. The largest absolute Gasteiger partial charge is 0.309 e. The lowest BCUT2D eigenvalue weighted by molar-refractivity contribution is 1.18. The van der Waals surface area contributed by atoms with Crippen LogP contribution in [0.25, 0.3) is 49.4 Å². The molecule has 0 saturated heterocycles. The molecule has 0 radical (unpaired) electrons. The van der Waals surface area contributed by atoms with Gasteiger partial charge in [-0.2, -0.15) is 0 Å².